The van der Waals surface area contributed by atoms with Gasteiger partial charge in [0.15, 0.2) is 0 Å². The molecule has 0 fully saturated rings. The van der Waals surface area contributed by atoms with Crippen LogP contribution in [-0.2, 0) is 0 Å². The molecule has 0 radical (unpaired) electrons. The van der Waals surface area contributed by atoms with Crippen molar-refractivity contribution in [2.75, 3.05) is 5.32 Å². The molecule has 15 heavy (non-hydrogen) atoms. The van der Waals surface area contributed by atoms with Crippen molar-refractivity contribution in [2.24, 2.45) is 0 Å². The number of hydrogen-bond acceptors (Lipinski definition) is 4. The van der Waals surface area contributed by atoms with Crippen molar-refractivity contribution in [3.63, 3.8) is 0 Å². The first-order chi connectivity index (χ1) is 6.94. The molecular weight excluding hydrogens is 194 g/mol. The van der Waals surface area contributed by atoms with Gasteiger partial charge in [0.2, 0.25) is 0 Å². The van der Waals surface area contributed by atoms with Crippen LogP contribution in [0.4, 0.5) is 11.4 Å². The predicted octanol–water partition coefficient (Wildman–Crippen LogP) is 2.31. The van der Waals surface area contributed by atoms with Gasteiger partial charge in [0.1, 0.15) is 5.54 Å². The Kier molecular flexibility index (Phi) is 2.90. The molecule has 0 heterocycles. The first-order valence-electron chi connectivity index (χ1n) is 4.38. The number of non-ortho nitro benzene ring substituents is 1. The number of nitrogens with zero attached hydrogens (tertiary/aromatic N) is 2. The van der Waals surface area contributed by atoms with Gasteiger partial charge in [-0.1, -0.05) is 6.07 Å². The van der Waals surface area contributed by atoms with Gasteiger partial charge in [-0.3, -0.25) is 10.1 Å². The Labute approximate surface area is 87.5 Å². The molecule has 5 heteroatoms. The second-order valence-electron chi connectivity index (χ2n) is 3.67. The zero-order chi connectivity index (χ0) is 11.5. The summed E-state index contributed by atoms with van der Waals surface area (Å²) in [5, 5.41) is 22.2. The summed E-state index contributed by atoms with van der Waals surface area (Å²) < 4.78 is 0. The fourth-order valence-electron chi connectivity index (χ4n) is 1.09. The maximum Gasteiger partial charge on any atom is 0.271 e. The lowest BCUT2D eigenvalue weighted by molar-refractivity contribution is -0.384. The van der Waals surface area contributed by atoms with Gasteiger partial charge < -0.3 is 5.32 Å². The van der Waals surface area contributed by atoms with E-state index in [1.54, 1.807) is 26.0 Å². The molecule has 0 saturated heterocycles. The van der Waals surface area contributed by atoms with Gasteiger partial charge in [-0.2, -0.15) is 5.26 Å². The molecule has 0 aliphatic carbocycles. The highest BCUT2D eigenvalue weighted by Crippen LogP contribution is 2.20. The smallest absolute Gasteiger partial charge is 0.271 e. The lowest BCUT2D eigenvalue weighted by atomic mass is 10.1. The molecule has 0 spiro atoms. The van der Waals surface area contributed by atoms with Crippen LogP contribution in [0.5, 0.6) is 0 Å². The minimum atomic E-state index is -0.741. The Morgan fingerprint density at radius 3 is 2.73 bits per heavy atom. The predicted molar refractivity (Wildman–Crippen MR) is 56.4 cm³/mol. The zero-order valence-electron chi connectivity index (χ0n) is 8.52. The fraction of sp³-hybridized carbons (Fsp3) is 0.300. The zero-order valence-corrected chi connectivity index (χ0v) is 8.52. The summed E-state index contributed by atoms with van der Waals surface area (Å²) in [7, 11) is 0. The Bertz CT molecular complexity index is 421. The normalized spacial score (nSPS) is 10.5. The third-order valence-corrected chi connectivity index (χ3v) is 1.79. The van der Waals surface area contributed by atoms with E-state index in [0.717, 1.165) is 0 Å². The Balaban J connectivity index is 2.93. The maximum atomic E-state index is 10.5. The first kappa shape index (κ1) is 11.0. The topological polar surface area (TPSA) is 79.0 Å². The second kappa shape index (κ2) is 3.96. The van der Waals surface area contributed by atoms with Crippen LogP contribution in [0.15, 0.2) is 24.3 Å². The summed E-state index contributed by atoms with van der Waals surface area (Å²) in [5.74, 6) is 0. The third-order valence-electron chi connectivity index (χ3n) is 1.79. The van der Waals surface area contributed by atoms with E-state index in [2.05, 4.69) is 11.4 Å². The SMILES string of the molecule is CC(C)(C#N)Nc1cccc([N+](=O)[O-])c1. The van der Waals surface area contributed by atoms with Crippen molar-refractivity contribution in [3.05, 3.63) is 34.4 Å². The average molecular weight is 205 g/mol. The van der Waals surface area contributed by atoms with Crippen molar-refractivity contribution in [1.29, 1.82) is 5.26 Å². The van der Waals surface area contributed by atoms with Gasteiger partial charge in [0.25, 0.3) is 5.69 Å². The minimum Gasteiger partial charge on any atom is -0.368 e. The number of nitro benzene ring substituents is 1. The Hall–Kier alpha value is -2.09. The first-order valence-corrected chi connectivity index (χ1v) is 4.38. The lowest BCUT2D eigenvalue weighted by Gasteiger charge is -2.18. The number of benzene rings is 1. The number of rotatable bonds is 3. The van der Waals surface area contributed by atoms with Gasteiger partial charge in [-0.05, 0) is 19.9 Å². The number of nitro groups is 1. The van der Waals surface area contributed by atoms with Crippen LogP contribution >= 0.6 is 0 Å². The number of nitrogens with one attached hydrogen (secondary N) is 1. The van der Waals surface area contributed by atoms with Crippen LogP contribution in [0.1, 0.15) is 13.8 Å². The number of anilines is 1. The standard InChI is InChI=1S/C10H11N3O2/c1-10(2,7-11)12-8-4-3-5-9(6-8)13(14)15/h3-6,12H,1-2H3. The van der Waals surface area contributed by atoms with E-state index < -0.39 is 10.5 Å². The van der Waals surface area contributed by atoms with Crippen LogP contribution < -0.4 is 5.32 Å². The van der Waals surface area contributed by atoms with E-state index in [1.807, 2.05) is 0 Å². The molecule has 1 aromatic carbocycles. The fourth-order valence-corrected chi connectivity index (χ4v) is 1.09. The molecule has 1 aromatic rings. The van der Waals surface area contributed by atoms with Crippen LogP contribution in [0.25, 0.3) is 0 Å². The Morgan fingerprint density at radius 1 is 1.53 bits per heavy atom. The highest BCUT2D eigenvalue weighted by Gasteiger charge is 2.16. The molecule has 1 N–H and O–H groups in total. The molecule has 5 nitrogen and oxygen atoms in total. The Morgan fingerprint density at radius 2 is 2.20 bits per heavy atom. The van der Waals surface area contributed by atoms with Crippen molar-refractivity contribution in [1.82, 2.24) is 0 Å². The molecule has 0 unspecified atom stereocenters. The third kappa shape index (κ3) is 2.95. The number of nitriles is 1. The van der Waals surface area contributed by atoms with Crippen LogP contribution in [0.3, 0.4) is 0 Å². The van der Waals surface area contributed by atoms with Crippen molar-refractivity contribution in [2.45, 2.75) is 19.4 Å². The molecule has 0 aliphatic heterocycles. The summed E-state index contributed by atoms with van der Waals surface area (Å²) in [6, 6.07) is 8.13. The number of hydrogen-bond donors (Lipinski definition) is 1. The van der Waals surface area contributed by atoms with Crippen molar-refractivity contribution < 1.29 is 4.92 Å². The highest BCUT2D eigenvalue weighted by atomic mass is 16.6. The quantitative estimate of drug-likeness (QED) is 0.606. The minimum absolute atomic E-state index is 0.00809. The molecule has 0 saturated carbocycles. The largest absolute Gasteiger partial charge is 0.368 e. The van der Waals surface area contributed by atoms with Crippen LogP contribution in [0, 0.1) is 21.4 Å². The summed E-state index contributed by atoms with van der Waals surface area (Å²) in [6.07, 6.45) is 0. The summed E-state index contributed by atoms with van der Waals surface area (Å²) in [4.78, 5) is 10.0. The van der Waals surface area contributed by atoms with Crippen molar-refractivity contribution in [3.8, 4) is 6.07 Å². The van der Waals surface area contributed by atoms with E-state index in [1.165, 1.54) is 12.1 Å². The molecule has 0 bridgehead atoms. The van der Waals surface area contributed by atoms with E-state index in [-0.39, 0.29) is 5.69 Å². The lowest BCUT2D eigenvalue weighted by Crippen LogP contribution is -2.28. The molecule has 0 atom stereocenters. The van der Waals surface area contributed by atoms with Crippen molar-refractivity contribution >= 4 is 11.4 Å². The van der Waals surface area contributed by atoms with Crippen LogP contribution in [0.2, 0.25) is 0 Å². The summed E-state index contributed by atoms with van der Waals surface area (Å²) in [6.45, 7) is 3.40. The molecule has 0 aromatic heterocycles. The molecule has 0 amide bonds. The molecular formula is C10H11N3O2. The van der Waals surface area contributed by atoms with Gasteiger partial charge in [-0.25, -0.2) is 0 Å². The van der Waals surface area contributed by atoms with Gasteiger partial charge >= 0.3 is 0 Å². The van der Waals surface area contributed by atoms with E-state index in [9.17, 15) is 10.1 Å². The highest BCUT2D eigenvalue weighted by molar-refractivity contribution is 5.53. The molecule has 0 aliphatic rings. The van der Waals surface area contributed by atoms with Crippen LogP contribution in [-0.4, -0.2) is 10.5 Å². The summed E-state index contributed by atoms with van der Waals surface area (Å²) >= 11 is 0. The van der Waals surface area contributed by atoms with Gasteiger partial charge in [0.05, 0.1) is 11.0 Å². The maximum absolute atomic E-state index is 10.5. The molecule has 1 rings (SSSR count). The van der Waals surface area contributed by atoms with Gasteiger partial charge in [0, 0.05) is 17.8 Å². The monoisotopic (exact) mass is 205 g/mol. The van der Waals surface area contributed by atoms with E-state index in [0.29, 0.717) is 5.69 Å². The summed E-state index contributed by atoms with van der Waals surface area (Å²) in [5.41, 5.74) is -0.167. The average Bonchev–Trinajstić information content (AvgIpc) is 2.17. The van der Waals surface area contributed by atoms with Gasteiger partial charge in [-0.15, -0.1) is 0 Å². The van der Waals surface area contributed by atoms with E-state index in [4.69, 9.17) is 5.26 Å². The molecule has 78 valence electrons. The second-order valence-corrected chi connectivity index (χ2v) is 3.67. The van der Waals surface area contributed by atoms with E-state index >= 15 is 0 Å².